The number of methoxy groups -OCH3 is 1. The van der Waals surface area contributed by atoms with Gasteiger partial charge in [-0.3, -0.25) is 4.99 Å². The number of aliphatic imine (C=N–C) groups is 1. The highest BCUT2D eigenvalue weighted by Crippen LogP contribution is 2.28. The zero-order valence-corrected chi connectivity index (χ0v) is 19.0. The van der Waals surface area contributed by atoms with E-state index in [9.17, 15) is 0 Å². The second-order valence-corrected chi connectivity index (χ2v) is 7.08. The van der Waals surface area contributed by atoms with E-state index in [0.717, 1.165) is 30.7 Å². The van der Waals surface area contributed by atoms with E-state index in [1.165, 1.54) is 37.7 Å². The summed E-state index contributed by atoms with van der Waals surface area (Å²) < 4.78 is 5.20. The summed E-state index contributed by atoms with van der Waals surface area (Å²) in [7, 11) is 7.89. The fourth-order valence-electron chi connectivity index (χ4n) is 3.64. The number of likely N-dealkylation sites (N-methyl/N-ethyl adjacent to an activating group) is 1. The molecule has 0 radical (unpaired) electrons. The van der Waals surface area contributed by atoms with E-state index in [4.69, 9.17) is 4.74 Å². The quantitative estimate of drug-likeness (QED) is 0.361. The van der Waals surface area contributed by atoms with E-state index in [2.05, 4.69) is 46.8 Å². The average Bonchev–Trinajstić information content (AvgIpc) is 2.65. The Balaban J connectivity index is 0.00000338. The fourth-order valence-corrected chi connectivity index (χ4v) is 3.64. The number of halogens is 1. The maximum absolute atomic E-state index is 5.20. The summed E-state index contributed by atoms with van der Waals surface area (Å²) in [5.74, 6) is 2.53. The normalized spacial score (nSPS) is 16.7. The molecule has 6 heteroatoms. The van der Waals surface area contributed by atoms with Gasteiger partial charge in [-0.2, -0.15) is 0 Å². The van der Waals surface area contributed by atoms with Crippen LogP contribution in [-0.2, 0) is 6.54 Å². The van der Waals surface area contributed by atoms with Crippen molar-refractivity contribution in [1.82, 2.24) is 15.5 Å². The van der Waals surface area contributed by atoms with Crippen LogP contribution in [0.15, 0.2) is 29.3 Å². The first kappa shape index (κ1) is 23.0. The van der Waals surface area contributed by atoms with Crippen molar-refractivity contribution >= 4 is 29.9 Å². The SMILES string of the molecule is CN=C(NCc1ccc(OC)cc1)NCC(C1CCCCC1)N(C)C.I. The van der Waals surface area contributed by atoms with Crippen molar-refractivity contribution in [2.24, 2.45) is 10.9 Å². The largest absolute Gasteiger partial charge is 0.497 e. The molecule has 0 saturated heterocycles. The van der Waals surface area contributed by atoms with Gasteiger partial charge in [0.1, 0.15) is 5.75 Å². The summed E-state index contributed by atoms with van der Waals surface area (Å²) in [5, 5.41) is 6.91. The van der Waals surface area contributed by atoms with Crippen molar-refractivity contribution < 1.29 is 4.74 Å². The number of hydrogen-bond acceptors (Lipinski definition) is 3. The number of guanidine groups is 1. The second kappa shape index (κ2) is 12.4. The van der Waals surface area contributed by atoms with Gasteiger partial charge in [0.2, 0.25) is 0 Å². The molecule has 26 heavy (non-hydrogen) atoms. The van der Waals surface area contributed by atoms with Gasteiger partial charge < -0.3 is 20.3 Å². The van der Waals surface area contributed by atoms with E-state index in [0.29, 0.717) is 6.04 Å². The van der Waals surface area contributed by atoms with Gasteiger partial charge in [-0.15, -0.1) is 24.0 Å². The summed E-state index contributed by atoms with van der Waals surface area (Å²) in [5.41, 5.74) is 1.21. The van der Waals surface area contributed by atoms with E-state index < -0.39 is 0 Å². The van der Waals surface area contributed by atoms with Gasteiger partial charge in [-0.1, -0.05) is 31.4 Å². The Kier molecular flexibility index (Phi) is 11.0. The third kappa shape index (κ3) is 7.31. The minimum atomic E-state index is 0. The molecule has 2 rings (SSSR count). The summed E-state index contributed by atoms with van der Waals surface area (Å²) in [6.45, 7) is 1.68. The molecule has 1 aliphatic carbocycles. The predicted octanol–water partition coefficient (Wildman–Crippen LogP) is 3.49. The Morgan fingerprint density at radius 2 is 1.81 bits per heavy atom. The lowest BCUT2D eigenvalue weighted by molar-refractivity contribution is 0.171. The molecule has 0 aromatic heterocycles. The smallest absolute Gasteiger partial charge is 0.191 e. The first-order valence-corrected chi connectivity index (χ1v) is 9.38. The maximum atomic E-state index is 5.20. The lowest BCUT2D eigenvalue weighted by Gasteiger charge is -2.35. The van der Waals surface area contributed by atoms with Crippen molar-refractivity contribution in [1.29, 1.82) is 0 Å². The van der Waals surface area contributed by atoms with E-state index >= 15 is 0 Å². The number of hydrogen-bond donors (Lipinski definition) is 2. The molecule has 148 valence electrons. The summed E-state index contributed by atoms with van der Waals surface area (Å²) in [6.07, 6.45) is 6.85. The van der Waals surface area contributed by atoms with Crippen LogP contribution in [-0.4, -0.2) is 51.7 Å². The number of benzene rings is 1. The first-order chi connectivity index (χ1) is 12.1. The second-order valence-electron chi connectivity index (χ2n) is 7.08. The zero-order chi connectivity index (χ0) is 18.1. The molecule has 1 saturated carbocycles. The van der Waals surface area contributed by atoms with Crippen LogP contribution in [0.5, 0.6) is 5.75 Å². The molecule has 1 aromatic carbocycles. The number of rotatable bonds is 7. The van der Waals surface area contributed by atoms with Crippen LogP contribution in [0.3, 0.4) is 0 Å². The van der Waals surface area contributed by atoms with Crippen LogP contribution in [0.2, 0.25) is 0 Å². The van der Waals surface area contributed by atoms with E-state index in [-0.39, 0.29) is 24.0 Å². The van der Waals surface area contributed by atoms with Gasteiger partial charge in [-0.05, 0) is 50.6 Å². The van der Waals surface area contributed by atoms with Gasteiger partial charge in [0, 0.05) is 26.2 Å². The van der Waals surface area contributed by atoms with Crippen LogP contribution in [0.1, 0.15) is 37.7 Å². The van der Waals surface area contributed by atoms with Gasteiger partial charge >= 0.3 is 0 Å². The third-order valence-electron chi connectivity index (χ3n) is 5.18. The minimum absolute atomic E-state index is 0. The summed E-state index contributed by atoms with van der Waals surface area (Å²) in [4.78, 5) is 6.73. The topological polar surface area (TPSA) is 48.9 Å². The van der Waals surface area contributed by atoms with Crippen LogP contribution in [0, 0.1) is 5.92 Å². The summed E-state index contributed by atoms with van der Waals surface area (Å²) >= 11 is 0. The van der Waals surface area contributed by atoms with Crippen molar-refractivity contribution in [2.45, 2.75) is 44.7 Å². The number of nitrogens with one attached hydrogen (secondary N) is 2. The number of ether oxygens (including phenoxy) is 1. The van der Waals surface area contributed by atoms with Crippen LogP contribution in [0.25, 0.3) is 0 Å². The number of nitrogens with zero attached hydrogens (tertiary/aromatic N) is 2. The molecule has 1 aliphatic rings. The van der Waals surface area contributed by atoms with E-state index in [1.54, 1.807) is 7.11 Å². The molecule has 0 spiro atoms. The average molecular weight is 474 g/mol. The minimum Gasteiger partial charge on any atom is -0.497 e. The zero-order valence-electron chi connectivity index (χ0n) is 16.6. The first-order valence-electron chi connectivity index (χ1n) is 9.38. The van der Waals surface area contributed by atoms with Crippen molar-refractivity contribution in [3.8, 4) is 5.75 Å². The molecule has 1 atom stereocenters. The van der Waals surface area contributed by atoms with E-state index in [1.807, 2.05) is 19.2 Å². The summed E-state index contributed by atoms with van der Waals surface area (Å²) in [6, 6.07) is 8.67. The lowest BCUT2D eigenvalue weighted by Crippen LogP contribution is -2.48. The Morgan fingerprint density at radius 3 is 2.35 bits per heavy atom. The van der Waals surface area contributed by atoms with Crippen LogP contribution in [0.4, 0.5) is 0 Å². The molecule has 0 heterocycles. The van der Waals surface area contributed by atoms with Crippen LogP contribution < -0.4 is 15.4 Å². The van der Waals surface area contributed by atoms with Crippen molar-refractivity contribution in [3.63, 3.8) is 0 Å². The van der Waals surface area contributed by atoms with Gasteiger partial charge in [0.05, 0.1) is 7.11 Å². The molecule has 5 nitrogen and oxygen atoms in total. The van der Waals surface area contributed by atoms with Gasteiger partial charge in [0.25, 0.3) is 0 Å². The fraction of sp³-hybridized carbons (Fsp3) is 0.650. The molecule has 2 N–H and O–H groups in total. The standard InChI is InChI=1S/C20H34N4O.HI/c1-21-20(22-14-16-10-12-18(25-4)13-11-16)23-15-19(24(2)3)17-8-6-5-7-9-17;/h10-13,17,19H,5-9,14-15H2,1-4H3,(H2,21,22,23);1H. The monoisotopic (exact) mass is 474 g/mol. The van der Waals surface area contributed by atoms with Gasteiger partial charge in [-0.25, -0.2) is 0 Å². The van der Waals surface area contributed by atoms with Gasteiger partial charge in [0.15, 0.2) is 5.96 Å². The molecule has 1 aromatic rings. The molecule has 0 amide bonds. The molecular weight excluding hydrogens is 439 g/mol. The Labute approximate surface area is 176 Å². The molecule has 0 aliphatic heterocycles. The van der Waals surface area contributed by atoms with Crippen molar-refractivity contribution in [3.05, 3.63) is 29.8 Å². The molecule has 1 fully saturated rings. The predicted molar refractivity (Wildman–Crippen MR) is 121 cm³/mol. The molecular formula is C20H35IN4O. The van der Waals surface area contributed by atoms with Crippen molar-refractivity contribution in [2.75, 3.05) is 34.8 Å². The maximum Gasteiger partial charge on any atom is 0.191 e. The third-order valence-corrected chi connectivity index (χ3v) is 5.18. The van der Waals surface area contributed by atoms with Crippen LogP contribution >= 0.6 is 24.0 Å². The molecule has 1 unspecified atom stereocenters. The molecule has 0 bridgehead atoms. The Hall–Kier alpha value is -1.02. The highest BCUT2D eigenvalue weighted by atomic mass is 127. The highest BCUT2D eigenvalue weighted by Gasteiger charge is 2.25. The Morgan fingerprint density at radius 1 is 1.15 bits per heavy atom. The highest BCUT2D eigenvalue weighted by molar-refractivity contribution is 14.0. The lowest BCUT2D eigenvalue weighted by atomic mass is 9.83. The Bertz CT molecular complexity index is 527.